The molecule has 2 atom stereocenters. The molecule has 33 heavy (non-hydrogen) atoms. The van der Waals surface area contributed by atoms with Gasteiger partial charge >= 0.3 is 0 Å². The highest BCUT2D eigenvalue weighted by Gasteiger charge is 2.36. The minimum atomic E-state index is -0.515. The van der Waals surface area contributed by atoms with Crippen molar-refractivity contribution in [1.82, 2.24) is 15.1 Å². The number of carbonyl (C=O) groups is 3. The van der Waals surface area contributed by atoms with Crippen LogP contribution >= 0.6 is 0 Å². The quantitative estimate of drug-likeness (QED) is 0.690. The molecule has 2 aromatic carbocycles. The minimum Gasteiger partial charge on any atom is -0.344 e. The Balaban J connectivity index is 1.52. The second-order valence-electron chi connectivity index (χ2n) is 8.59. The molecule has 0 aromatic heterocycles. The van der Waals surface area contributed by atoms with Crippen LogP contribution in [-0.2, 0) is 20.8 Å². The number of nitrogens with zero attached hydrogens (tertiary/aromatic N) is 2. The third-order valence-corrected chi connectivity index (χ3v) is 6.32. The molecule has 0 unspecified atom stereocenters. The fourth-order valence-electron chi connectivity index (χ4n) is 4.55. The summed E-state index contributed by atoms with van der Waals surface area (Å²) in [6, 6.07) is 13.6. The molecule has 2 fully saturated rings. The number of nitrogens with one attached hydrogen (secondary N) is 1. The van der Waals surface area contributed by atoms with Crippen LogP contribution in [-0.4, -0.2) is 59.7 Å². The molecule has 172 valence electrons. The van der Waals surface area contributed by atoms with Gasteiger partial charge in [-0.15, -0.1) is 6.58 Å². The Morgan fingerprint density at radius 1 is 1.12 bits per heavy atom. The fourth-order valence-corrected chi connectivity index (χ4v) is 4.55. The first-order chi connectivity index (χ1) is 16.0. The smallest absolute Gasteiger partial charge is 0.245 e. The van der Waals surface area contributed by atoms with Crippen molar-refractivity contribution in [2.24, 2.45) is 5.92 Å². The van der Waals surface area contributed by atoms with E-state index >= 15 is 0 Å². The Bertz CT molecular complexity index is 1050. The van der Waals surface area contributed by atoms with Gasteiger partial charge in [0, 0.05) is 38.2 Å². The van der Waals surface area contributed by atoms with Gasteiger partial charge < -0.3 is 15.1 Å². The molecular formula is C26H28FN3O3. The van der Waals surface area contributed by atoms with E-state index < -0.39 is 12.0 Å². The van der Waals surface area contributed by atoms with Gasteiger partial charge in [-0.3, -0.25) is 14.4 Å². The first-order valence-electron chi connectivity index (χ1n) is 11.3. The van der Waals surface area contributed by atoms with E-state index in [-0.39, 0.29) is 23.5 Å². The molecule has 0 bridgehead atoms. The Kier molecular flexibility index (Phi) is 6.87. The third-order valence-electron chi connectivity index (χ3n) is 6.32. The monoisotopic (exact) mass is 449 g/mol. The highest BCUT2D eigenvalue weighted by molar-refractivity contribution is 5.91. The summed E-state index contributed by atoms with van der Waals surface area (Å²) >= 11 is 0. The minimum absolute atomic E-state index is 0.0150. The summed E-state index contributed by atoms with van der Waals surface area (Å²) in [6.45, 7) is 5.32. The lowest BCUT2D eigenvalue weighted by atomic mass is 9.95. The van der Waals surface area contributed by atoms with Gasteiger partial charge in [-0.2, -0.15) is 0 Å². The van der Waals surface area contributed by atoms with E-state index in [1.807, 2.05) is 24.3 Å². The Labute approximate surface area is 193 Å². The lowest BCUT2D eigenvalue weighted by Crippen LogP contribution is -2.46. The molecule has 0 spiro atoms. The fraction of sp³-hybridized carbons (Fsp3) is 0.346. The van der Waals surface area contributed by atoms with E-state index in [2.05, 4.69) is 11.9 Å². The van der Waals surface area contributed by atoms with Gasteiger partial charge in [-0.1, -0.05) is 48.5 Å². The molecule has 3 amide bonds. The molecule has 2 aromatic rings. The van der Waals surface area contributed by atoms with Gasteiger partial charge in [0.25, 0.3) is 0 Å². The van der Waals surface area contributed by atoms with E-state index in [1.54, 1.807) is 34.1 Å². The van der Waals surface area contributed by atoms with Crippen LogP contribution in [0.15, 0.2) is 61.2 Å². The van der Waals surface area contributed by atoms with E-state index in [0.29, 0.717) is 51.0 Å². The maximum absolute atomic E-state index is 14.1. The lowest BCUT2D eigenvalue weighted by molar-refractivity contribution is -0.136. The van der Waals surface area contributed by atoms with Crippen LogP contribution in [0.5, 0.6) is 0 Å². The standard InChI is InChI=1S/C26H28FN3O3/c1-2-13-29-14-15-30(26(33)23-11-12-24(31)28-23)17-20(25(29)32)16-18-7-9-19(10-8-18)21-5-3-4-6-22(21)27/h2-10,20,23H,1,11-17H2,(H,28,31)/t20-,23-/m1/s1. The second-order valence-corrected chi connectivity index (χ2v) is 8.59. The maximum Gasteiger partial charge on any atom is 0.245 e. The molecule has 7 heteroatoms. The van der Waals surface area contributed by atoms with Crippen LogP contribution in [0.2, 0.25) is 0 Å². The molecule has 0 aliphatic carbocycles. The van der Waals surface area contributed by atoms with Crippen molar-refractivity contribution in [2.75, 3.05) is 26.2 Å². The van der Waals surface area contributed by atoms with Gasteiger partial charge in [0.2, 0.25) is 17.7 Å². The number of rotatable bonds is 6. The van der Waals surface area contributed by atoms with Gasteiger partial charge in [-0.05, 0) is 30.0 Å². The Morgan fingerprint density at radius 3 is 2.55 bits per heavy atom. The van der Waals surface area contributed by atoms with Gasteiger partial charge in [0.15, 0.2) is 0 Å². The van der Waals surface area contributed by atoms with Crippen LogP contribution in [0.25, 0.3) is 11.1 Å². The largest absolute Gasteiger partial charge is 0.344 e. The molecule has 0 radical (unpaired) electrons. The average Bonchev–Trinajstić information content (AvgIpc) is 3.20. The highest BCUT2D eigenvalue weighted by atomic mass is 19.1. The molecule has 4 rings (SSSR count). The molecule has 2 aliphatic rings. The van der Waals surface area contributed by atoms with E-state index in [1.165, 1.54) is 6.07 Å². The van der Waals surface area contributed by atoms with Gasteiger partial charge in [-0.25, -0.2) is 4.39 Å². The summed E-state index contributed by atoms with van der Waals surface area (Å²) in [5.41, 5.74) is 2.24. The Hall–Kier alpha value is -3.48. The summed E-state index contributed by atoms with van der Waals surface area (Å²) in [6.07, 6.45) is 2.99. The SMILES string of the molecule is C=CCN1CCN(C(=O)[C@H]2CCC(=O)N2)C[C@@H](Cc2ccc(-c3ccccc3F)cc2)C1=O. The van der Waals surface area contributed by atoms with Crippen molar-refractivity contribution in [1.29, 1.82) is 0 Å². The van der Waals surface area contributed by atoms with Crippen LogP contribution in [0.3, 0.4) is 0 Å². The first kappa shape index (κ1) is 22.7. The van der Waals surface area contributed by atoms with Crippen molar-refractivity contribution in [3.63, 3.8) is 0 Å². The second kappa shape index (κ2) is 9.98. The van der Waals surface area contributed by atoms with Crippen molar-refractivity contribution in [2.45, 2.75) is 25.3 Å². The van der Waals surface area contributed by atoms with Crippen LogP contribution in [0.1, 0.15) is 18.4 Å². The summed E-state index contributed by atoms with van der Waals surface area (Å²) in [7, 11) is 0. The van der Waals surface area contributed by atoms with Crippen LogP contribution in [0, 0.1) is 11.7 Å². The zero-order valence-electron chi connectivity index (χ0n) is 18.5. The van der Waals surface area contributed by atoms with Crippen molar-refractivity contribution >= 4 is 17.7 Å². The maximum atomic E-state index is 14.1. The Morgan fingerprint density at radius 2 is 1.88 bits per heavy atom. The summed E-state index contributed by atoms with van der Waals surface area (Å²) in [4.78, 5) is 41.3. The zero-order valence-corrected chi connectivity index (χ0v) is 18.5. The highest BCUT2D eigenvalue weighted by Crippen LogP contribution is 2.25. The van der Waals surface area contributed by atoms with Crippen LogP contribution in [0.4, 0.5) is 4.39 Å². The van der Waals surface area contributed by atoms with E-state index in [0.717, 1.165) is 11.1 Å². The molecule has 2 saturated heterocycles. The van der Waals surface area contributed by atoms with Gasteiger partial charge in [0.05, 0.1) is 5.92 Å². The molecule has 1 N–H and O–H groups in total. The summed E-state index contributed by atoms with van der Waals surface area (Å²) in [5.74, 6) is -0.947. The topological polar surface area (TPSA) is 69.7 Å². The van der Waals surface area contributed by atoms with Crippen LogP contribution < -0.4 is 5.32 Å². The van der Waals surface area contributed by atoms with Crippen molar-refractivity contribution < 1.29 is 18.8 Å². The lowest BCUT2D eigenvalue weighted by Gasteiger charge is -2.26. The summed E-state index contributed by atoms with van der Waals surface area (Å²) in [5, 5.41) is 2.73. The van der Waals surface area contributed by atoms with E-state index in [9.17, 15) is 18.8 Å². The average molecular weight is 450 g/mol. The van der Waals surface area contributed by atoms with Crippen molar-refractivity contribution in [3.8, 4) is 11.1 Å². The molecule has 2 aliphatic heterocycles. The molecular weight excluding hydrogens is 421 g/mol. The first-order valence-corrected chi connectivity index (χ1v) is 11.3. The number of benzene rings is 2. The molecule has 6 nitrogen and oxygen atoms in total. The number of hydrogen-bond donors (Lipinski definition) is 1. The predicted molar refractivity (Wildman–Crippen MR) is 124 cm³/mol. The third kappa shape index (κ3) is 5.13. The number of halogens is 1. The number of carbonyl (C=O) groups excluding carboxylic acids is 3. The zero-order chi connectivity index (χ0) is 23.4. The number of hydrogen-bond acceptors (Lipinski definition) is 3. The summed E-state index contributed by atoms with van der Waals surface area (Å²) < 4.78 is 14.1. The normalized spacial score (nSPS) is 21.0. The van der Waals surface area contributed by atoms with Gasteiger partial charge in [0.1, 0.15) is 11.9 Å². The predicted octanol–water partition coefficient (Wildman–Crippen LogP) is 2.79. The van der Waals surface area contributed by atoms with Crippen molar-refractivity contribution in [3.05, 3.63) is 72.6 Å². The molecule has 0 saturated carbocycles. The van der Waals surface area contributed by atoms with E-state index in [4.69, 9.17) is 0 Å². The molecule has 2 heterocycles. The number of amides is 3.